The number of allylic oxidation sites excluding steroid dienone is 3. The van der Waals surface area contributed by atoms with Crippen molar-refractivity contribution in [3.05, 3.63) is 72.9 Å². The van der Waals surface area contributed by atoms with Crippen molar-refractivity contribution >= 4 is 11.3 Å². The fraction of sp³-hybridized carbons (Fsp3) is 0.515. The van der Waals surface area contributed by atoms with Crippen LogP contribution in [0.1, 0.15) is 97.6 Å². The summed E-state index contributed by atoms with van der Waals surface area (Å²) >= 11 is 0. The van der Waals surface area contributed by atoms with E-state index in [1.807, 2.05) is 13.8 Å². The van der Waals surface area contributed by atoms with Gasteiger partial charge in [-0.05, 0) is 62.1 Å². The van der Waals surface area contributed by atoms with Gasteiger partial charge >= 0.3 is 0 Å². The monoisotopic (exact) mass is 497 g/mol. The summed E-state index contributed by atoms with van der Waals surface area (Å²) in [5.74, 6) is 0.768. The van der Waals surface area contributed by atoms with Crippen molar-refractivity contribution in [2.45, 2.75) is 92.4 Å². The number of halogens is 2. The third kappa shape index (κ3) is 12.9. The first-order valence-electron chi connectivity index (χ1n) is 13.1. The third-order valence-electron chi connectivity index (χ3n) is 6.58. The second-order valence-electron chi connectivity index (χ2n) is 10.2. The third-order valence-corrected chi connectivity index (χ3v) is 6.58. The molecule has 3 heteroatoms. The molecule has 1 nitrogen and oxygen atoms in total. The maximum absolute atomic E-state index is 12.0. The Balaban J connectivity index is 0.000000625. The first-order valence-corrected chi connectivity index (χ1v) is 13.1. The molecule has 1 aliphatic carbocycles. The highest BCUT2D eigenvalue weighted by molar-refractivity contribution is 5.66. The highest BCUT2D eigenvalue weighted by Crippen LogP contribution is 2.50. The zero-order valence-corrected chi connectivity index (χ0v) is 23.7. The van der Waals surface area contributed by atoms with Crippen molar-refractivity contribution in [2.24, 2.45) is 11.3 Å². The zero-order valence-electron chi connectivity index (χ0n) is 23.7. The minimum atomic E-state index is -2.69. The summed E-state index contributed by atoms with van der Waals surface area (Å²) < 4.78 is 24.0. The first kappa shape index (κ1) is 33.4. The average Bonchev–Trinajstić information content (AvgIpc) is 3.64. The van der Waals surface area contributed by atoms with Crippen LogP contribution in [0.3, 0.4) is 0 Å². The molecule has 1 aromatic carbocycles. The fourth-order valence-corrected chi connectivity index (χ4v) is 3.33. The van der Waals surface area contributed by atoms with Crippen molar-refractivity contribution in [1.29, 1.82) is 0 Å². The van der Waals surface area contributed by atoms with Crippen LogP contribution in [0.5, 0.6) is 0 Å². The summed E-state index contributed by atoms with van der Waals surface area (Å²) in [6.07, 6.45) is 13.2. The Labute approximate surface area is 220 Å². The van der Waals surface area contributed by atoms with Crippen LogP contribution in [0.15, 0.2) is 61.7 Å². The topological polar surface area (TPSA) is 12.0 Å². The summed E-state index contributed by atoms with van der Waals surface area (Å²) in [4.78, 5) is 0. The Kier molecular flexibility index (Phi) is 15.0. The average molecular weight is 498 g/mol. The van der Waals surface area contributed by atoms with Gasteiger partial charge in [-0.2, -0.15) is 0 Å². The van der Waals surface area contributed by atoms with Crippen molar-refractivity contribution in [1.82, 2.24) is 5.32 Å². The van der Waals surface area contributed by atoms with Crippen LogP contribution in [0, 0.1) is 23.7 Å². The molecule has 36 heavy (non-hydrogen) atoms. The molecule has 0 spiro atoms. The van der Waals surface area contributed by atoms with Gasteiger partial charge < -0.3 is 5.32 Å². The molecular formula is C33H49F2N. The Bertz CT molecular complexity index is 889. The number of unbranched alkanes of at least 4 members (excludes halogenated alkanes) is 2. The van der Waals surface area contributed by atoms with Crippen LogP contribution >= 0.6 is 0 Å². The molecule has 0 bridgehead atoms. The van der Waals surface area contributed by atoms with E-state index in [1.165, 1.54) is 31.2 Å². The van der Waals surface area contributed by atoms with E-state index in [4.69, 9.17) is 6.42 Å². The molecule has 0 aromatic heterocycles. The van der Waals surface area contributed by atoms with Gasteiger partial charge in [0.05, 0.1) is 5.41 Å². The number of rotatable bonds is 12. The van der Waals surface area contributed by atoms with Gasteiger partial charge in [-0.25, -0.2) is 8.78 Å². The smallest absolute Gasteiger partial charge is 0.266 e. The minimum Gasteiger partial charge on any atom is -0.385 e. The van der Waals surface area contributed by atoms with Gasteiger partial charge in [-0.15, -0.1) is 6.42 Å². The molecule has 1 aromatic rings. The van der Waals surface area contributed by atoms with Crippen molar-refractivity contribution in [3.63, 3.8) is 0 Å². The number of hydrogen-bond acceptors (Lipinski definition) is 1. The Morgan fingerprint density at radius 2 is 1.58 bits per heavy atom. The Morgan fingerprint density at radius 3 is 1.89 bits per heavy atom. The molecule has 0 aliphatic heterocycles. The molecule has 1 unspecified atom stereocenters. The van der Waals surface area contributed by atoms with Crippen LogP contribution < -0.4 is 5.32 Å². The van der Waals surface area contributed by atoms with Crippen molar-refractivity contribution in [2.75, 3.05) is 6.54 Å². The van der Waals surface area contributed by atoms with Gasteiger partial charge in [0.1, 0.15) is 0 Å². The predicted molar refractivity (Wildman–Crippen MR) is 157 cm³/mol. The zero-order chi connectivity index (χ0) is 27.9. The standard InChI is InChI=1S/C19H29N.C8H10.C6H10F2/c1-6-7-8-9-16(4)14-20-17(5)19-12-10-18(11-13-19)15(2)3;1-4-8(5-6-8)7(2)3;1-4-5(2)6(3,7)8/h10-13,16,20H,2,5-9,14H2,1,3-4H3;1H,2,5-6H2,3H3;2,4H2,1,3H3. The summed E-state index contributed by atoms with van der Waals surface area (Å²) in [5.41, 5.74) is 5.74. The van der Waals surface area contributed by atoms with Gasteiger partial charge in [-0.3, -0.25) is 0 Å². The molecule has 1 atom stereocenters. The van der Waals surface area contributed by atoms with E-state index < -0.39 is 5.92 Å². The van der Waals surface area contributed by atoms with Crippen LogP contribution in [0.2, 0.25) is 0 Å². The van der Waals surface area contributed by atoms with Crippen LogP contribution in [-0.4, -0.2) is 12.5 Å². The molecular weight excluding hydrogens is 448 g/mol. The van der Waals surface area contributed by atoms with Gasteiger partial charge in [0.15, 0.2) is 0 Å². The van der Waals surface area contributed by atoms with Crippen LogP contribution in [-0.2, 0) is 0 Å². The molecule has 0 heterocycles. The Hall–Kier alpha value is -2.60. The maximum atomic E-state index is 12.0. The molecule has 0 saturated heterocycles. The highest BCUT2D eigenvalue weighted by Gasteiger charge is 2.41. The van der Waals surface area contributed by atoms with Crippen LogP contribution in [0.4, 0.5) is 8.78 Å². The lowest BCUT2D eigenvalue weighted by atomic mass is 10.0. The van der Waals surface area contributed by atoms with Gasteiger partial charge in [-0.1, -0.05) is 108 Å². The summed E-state index contributed by atoms with van der Waals surface area (Å²) in [6.45, 7) is 27.2. The number of nitrogens with one attached hydrogen (secondary N) is 1. The fourth-order valence-electron chi connectivity index (χ4n) is 3.33. The summed E-state index contributed by atoms with van der Waals surface area (Å²) in [6, 6.07) is 8.44. The summed E-state index contributed by atoms with van der Waals surface area (Å²) in [7, 11) is 0. The Morgan fingerprint density at radius 1 is 1.06 bits per heavy atom. The summed E-state index contributed by atoms with van der Waals surface area (Å²) in [5, 5.41) is 3.46. The lowest BCUT2D eigenvalue weighted by Gasteiger charge is -2.15. The van der Waals surface area contributed by atoms with E-state index in [0.29, 0.717) is 12.3 Å². The molecule has 0 radical (unpaired) electrons. The molecule has 1 saturated carbocycles. The largest absolute Gasteiger partial charge is 0.385 e. The van der Waals surface area contributed by atoms with E-state index in [0.717, 1.165) is 48.7 Å². The minimum absolute atomic E-state index is 0.00231. The number of benzene rings is 1. The normalized spacial score (nSPS) is 14.0. The van der Waals surface area contributed by atoms with E-state index in [-0.39, 0.29) is 11.0 Å². The predicted octanol–water partition coefficient (Wildman–Crippen LogP) is 10.1. The molecule has 1 fully saturated rings. The van der Waals surface area contributed by atoms with Crippen molar-refractivity contribution < 1.29 is 8.78 Å². The van der Waals surface area contributed by atoms with Gasteiger partial charge in [0, 0.05) is 19.2 Å². The number of alkyl halides is 2. The maximum Gasteiger partial charge on any atom is 0.266 e. The second kappa shape index (κ2) is 16.2. The highest BCUT2D eigenvalue weighted by atomic mass is 19.3. The lowest BCUT2D eigenvalue weighted by molar-refractivity contribution is 0.0609. The van der Waals surface area contributed by atoms with E-state index in [1.54, 1.807) is 6.92 Å². The second-order valence-corrected chi connectivity index (χ2v) is 10.2. The van der Waals surface area contributed by atoms with Crippen molar-refractivity contribution in [3.8, 4) is 12.3 Å². The lowest BCUT2D eigenvalue weighted by Crippen LogP contribution is -2.19. The molecule has 1 N–H and O–H groups in total. The quantitative estimate of drug-likeness (QED) is 0.172. The molecule has 2 rings (SSSR count). The SMILES string of the molecule is C#CC1(C(=C)C)CC1.C=C(C)c1ccc(C(=C)NCC(C)CCCCC)cc1.C=C(CC)C(C)(F)F. The van der Waals surface area contributed by atoms with Gasteiger partial charge in [0.2, 0.25) is 0 Å². The number of hydrogen-bond donors (Lipinski definition) is 1. The van der Waals surface area contributed by atoms with E-state index >= 15 is 0 Å². The van der Waals surface area contributed by atoms with E-state index in [2.05, 4.69) is 75.7 Å². The van der Waals surface area contributed by atoms with Crippen LogP contribution in [0.25, 0.3) is 11.3 Å². The van der Waals surface area contributed by atoms with E-state index in [9.17, 15) is 8.78 Å². The molecule has 200 valence electrons. The molecule has 1 aliphatic rings. The van der Waals surface area contributed by atoms with Gasteiger partial charge in [0.25, 0.3) is 5.92 Å². The molecule has 0 amide bonds. The first-order chi connectivity index (χ1) is 16.7. The number of terminal acetylenes is 1.